The molecule has 6 heteroatoms. The Morgan fingerprint density at radius 1 is 1.03 bits per heavy atom. The molecule has 6 rings (SSSR count). The summed E-state index contributed by atoms with van der Waals surface area (Å²) in [7, 11) is 0. The van der Waals surface area contributed by atoms with Crippen molar-refractivity contribution in [3.63, 3.8) is 0 Å². The van der Waals surface area contributed by atoms with E-state index in [0.29, 0.717) is 37.0 Å². The molecule has 1 N–H and O–H groups in total. The molecule has 3 aromatic rings. The lowest BCUT2D eigenvalue weighted by Gasteiger charge is -2.40. The molecule has 39 heavy (non-hydrogen) atoms. The molecule has 1 fully saturated rings. The molecule has 3 aliphatic rings. The molecule has 3 atom stereocenters. The van der Waals surface area contributed by atoms with E-state index in [1.165, 1.54) is 25.7 Å². The molecule has 0 amide bonds. The highest BCUT2D eigenvalue weighted by molar-refractivity contribution is 5.75. The van der Waals surface area contributed by atoms with Gasteiger partial charge in [-0.2, -0.15) is 0 Å². The lowest BCUT2D eigenvalue weighted by Crippen LogP contribution is -2.47. The highest BCUT2D eigenvalue weighted by atomic mass is 16.6. The number of rotatable bonds is 8. The average molecular weight is 528 g/mol. The number of carboxylic acid groups (broad SMARTS) is 1. The molecule has 3 aromatic carbocycles. The van der Waals surface area contributed by atoms with Gasteiger partial charge in [0.1, 0.15) is 18.4 Å². The first-order valence-electron chi connectivity index (χ1n) is 14.3. The van der Waals surface area contributed by atoms with Crippen molar-refractivity contribution in [2.45, 2.75) is 70.2 Å². The van der Waals surface area contributed by atoms with Gasteiger partial charge < -0.3 is 19.3 Å². The van der Waals surface area contributed by atoms with Crippen LogP contribution in [0.4, 0.5) is 0 Å². The fourth-order valence-corrected chi connectivity index (χ4v) is 6.40. The zero-order valence-electron chi connectivity index (χ0n) is 22.6. The van der Waals surface area contributed by atoms with Crippen molar-refractivity contribution >= 4 is 5.97 Å². The van der Waals surface area contributed by atoms with Crippen LogP contribution in [0.2, 0.25) is 0 Å². The van der Waals surface area contributed by atoms with Gasteiger partial charge in [-0.25, -0.2) is 0 Å². The molecule has 0 spiro atoms. The van der Waals surface area contributed by atoms with Crippen LogP contribution in [0.25, 0.3) is 0 Å². The Hall–Kier alpha value is -3.51. The Balaban J connectivity index is 1.19. The Morgan fingerprint density at radius 3 is 2.49 bits per heavy atom. The van der Waals surface area contributed by atoms with Gasteiger partial charge in [-0.15, -0.1) is 0 Å². The van der Waals surface area contributed by atoms with Gasteiger partial charge >= 0.3 is 5.97 Å². The number of aliphatic carboxylic acids is 1. The second-order valence-corrected chi connectivity index (χ2v) is 11.1. The molecule has 0 saturated heterocycles. The number of benzene rings is 3. The van der Waals surface area contributed by atoms with Gasteiger partial charge in [0.05, 0.1) is 6.61 Å². The maximum Gasteiger partial charge on any atom is 0.321 e. The lowest BCUT2D eigenvalue weighted by atomic mass is 9.89. The summed E-state index contributed by atoms with van der Waals surface area (Å²) in [5.41, 5.74) is 4.31. The fraction of sp³-hybridized carbons (Fsp3) is 0.424. The maximum absolute atomic E-state index is 12.3. The van der Waals surface area contributed by atoms with E-state index in [0.717, 1.165) is 41.0 Å². The van der Waals surface area contributed by atoms with Gasteiger partial charge in [0.15, 0.2) is 17.6 Å². The minimum Gasteiger partial charge on any atom is -0.493 e. The van der Waals surface area contributed by atoms with Crippen LogP contribution in [0.3, 0.4) is 0 Å². The van der Waals surface area contributed by atoms with Crippen LogP contribution in [0.1, 0.15) is 73.4 Å². The number of carbonyl (C=O) groups is 1. The summed E-state index contributed by atoms with van der Waals surface area (Å²) in [5, 5.41) is 10.1. The summed E-state index contributed by atoms with van der Waals surface area (Å²) >= 11 is 0. The summed E-state index contributed by atoms with van der Waals surface area (Å²) in [6, 6.07) is 21.8. The van der Waals surface area contributed by atoms with E-state index < -0.39 is 12.0 Å². The zero-order valence-corrected chi connectivity index (χ0v) is 22.6. The van der Waals surface area contributed by atoms with Crippen molar-refractivity contribution in [1.82, 2.24) is 4.90 Å². The topological polar surface area (TPSA) is 68.2 Å². The van der Waals surface area contributed by atoms with Gasteiger partial charge in [0.25, 0.3) is 0 Å². The number of hydrogen-bond donors (Lipinski definition) is 1. The third kappa shape index (κ3) is 5.48. The summed E-state index contributed by atoms with van der Waals surface area (Å²) < 4.78 is 18.6. The zero-order chi connectivity index (χ0) is 26.8. The van der Waals surface area contributed by atoms with Crippen molar-refractivity contribution in [3.8, 4) is 17.2 Å². The monoisotopic (exact) mass is 527 g/mol. The van der Waals surface area contributed by atoms with E-state index in [-0.39, 0.29) is 12.1 Å². The SMILES string of the molecule is CC[C@@H](c1ccccc1)N1Cc2cc3c(cc2C[C@H]1C(=O)O)OC[C@H](c1ccc(OCC2CCCC2)cc1)O3. The minimum atomic E-state index is -0.791. The molecule has 2 heterocycles. The van der Waals surface area contributed by atoms with E-state index in [1.54, 1.807) is 0 Å². The molecule has 6 nitrogen and oxygen atoms in total. The van der Waals surface area contributed by atoms with Gasteiger partial charge in [-0.05, 0) is 78.1 Å². The van der Waals surface area contributed by atoms with Crippen molar-refractivity contribution in [2.24, 2.45) is 5.92 Å². The largest absolute Gasteiger partial charge is 0.493 e. The second kappa shape index (κ2) is 11.3. The molecule has 2 aliphatic heterocycles. The van der Waals surface area contributed by atoms with Crippen LogP contribution < -0.4 is 14.2 Å². The van der Waals surface area contributed by atoms with E-state index >= 15 is 0 Å². The Kier molecular flexibility index (Phi) is 7.47. The Bertz CT molecular complexity index is 1290. The van der Waals surface area contributed by atoms with E-state index in [1.807, 2.05) is 36.4 Å². The van der Waals surface area contributed by atoms with Gasteiger partial charge in [-0.3, -0.25) is 9.69 Å². The Morgan fingerprint density at radius 2 is 1.77 bits per heavy atom. The minimum absolute atomic E-state index is 0.0239. The van der Waals surface area contributed by atoms with Crippen LogP contribution in [0, 0.1) is 5.92 Å². The van der Waals surface area contributed by atoms with E-state index in [9.17, 15) is 9.90 Å². The van der Waals surface area contributed by atoms with Crippen LogP contribution >= 0.6 is 0 Å². The van der Waals surface area contributed by atoms with E-state index in [4.69, 9.17) is 14.2 Å². The molecule has 0 radical (unpaired) electrons. The third-order valence-corrected chi connectivity index (χ3v) is 8.56. The lowest BCUT2D eigenvalue weighted by molar-refractivity contribution is -0.145. The molecule has 1 aliphatic carbocycles. The summed E-state index contributed by atoms with van der Waals surface area (Å²) in [6.07, 6.45) is 6.25. The maximum atomic E-state index is 12.3. The van der Waals surface area contributed by atoms with Gasteiger partial charge in [0, 0.05) is 12.6 Å². The molecule has 0 aromatic heterocycles. The number of ether oxygens (including phenoxy) is 3. The number of hydrogen-bond acceptors (Lipinski definition) is 5. The van der Waals surface area contributed by atoms with Gasteiger partial charge in [-0.1, -0.05) is 62.2 Å². The van der Waals surface area contributed by atoms with Gasteiger partial charge in [0.2, 0.25) is 0 Å². The van der Waals surface area contributed by atoms with Crippen molar-refractivity contribution in [2.75, 3.05) is 13.2 Å². The molecule has 1 saturated carbocycles. The quantitative estimate of drug-likeness (QED) is 0.350. The second-order valence-electron chi connectivity index (χ2n) is 11.1. The highest BCUT2D eigenvalue weighted by Crippen LogP contribution is 2.42. The average Bonchev–Trinajstić information content (AvgIpc) is 3.49. The molecular weight excluding hydrogens is 490 g/mol. The third-order valence-electron chi connectivity index (χ3n) is 8.56. The molecule has 0 bridgehead atoms. The molecule has 0 unspecified atom stereocenters. The summed E-state index contributed by atoms with van der Waals surface area (Å²) in [6.45, 7) is 3.87. The Labute approximate surface area is 230 Å². The van der Waals surface area contributed by atoms with Crippen LogP contribution in [0.5, 0.6) is 17.2 Å². The first-order valence-corrected chi connectivity index (χ1v) is 14.3. The first-order chi connectivity index (χ1) is 19.1. The van der Waals surface area contributed by atoms with Crippen LogP contribution in [-0.2, 0) is 17.8 Å². The predicted molar refractivity (Wildman–Crippen MR) is 149 cm³/mol. The van der Waals surface area contributed by atoms with Crippen LogP contribution in [-0.4, -0.2) is 35.2 Å². The summed E-state index contributed by atoms with van der Waals surface area (Å²) in [4.78, 5) is 14.5. The standard InChI is InChI=1S/C33H37NO5/c1-2-28(23-10-4-3-5-11-23)34-19-26-18-31-30(17-25(26)16-29(34)33(35)36)38-21-32(39-31)24-12-14-27(15-13-24)37-20-22-8-6-7-9-22/h3-5,10-15,17-18,22,28-29,32H,2,6-9,16,19-21H2,1H3,(H,35,36)/t28-,29-,32+/m0/s1. The first kappa shape index (κ1) is 25.8. The van der Waals surface area contributed by atoms with Crippen molar-refractivity contribution < 1.29 is 24.1 Å². The fourth-order valence-electron chi connectivity index (χ4n) is 6.40. The highest BCUT2D eigenvalue weighted by Gasteiger charge is 2.37. The van der Waals surface area contributed by atoms with Crippen molar-refractivity contribution in [3.05, 3.63) is 89.0 Å². The van der Waals surface area contributed by atoms with Crippen LogP contribution in [0.15, 0.2) is 66.7 Å². The summed E-state index contributed by atoms with van der Waals surface area (Å²) in [5.74, 6) is 2.20. The normalized spacial score (nSPS) is 21.8. The number of carboxylic acids is 1. The van der Waals surface area contributed by atoms with E-state index in [2.05, 4.69) is 42.2 Å². The molecular formula is C33H37NO5. The number of fused-ring (bicyclic) bond motifs is 2. The number of nitrogens with zero attached hydrogens (tertiary/aromatic N) is 1. The molecule has 204 valence electrons. The van der Waals surface area contributed by atoms with Crippen molar-refractivity contribution in [1.29, 1.82) is 0 Å². The predicted octanol–water partition coefficient (Wildman–Crippen LogP) is 6.73. The smallest absolute Gasteiger partial charge is 0.321 e.